The number of rotatable bonds is 12. The van der Waals surface area contributed by atoms with Crippen molar-refractivity contribution in [2.24, 2.45) is 0 Å². The van der Waals surface area contributed by atoms with Crippen LogP contribution >= 0.6 is 0 Å². The average molecular weight is 673 g/mol. The Hall–Kier alpha value is -3.34. The van der Waals surface area contributed by atoms with E-state index in [0.717, 1.165) is 57.0 Å². The van der Waals surface area contributed by atoms with Crippen molar-refractivity contribution < 1.29 is 16.8 Å². The summed E-state index contributed by atoms with van der Waals surface area (Å²) in [7, 11) is -5.90. The molecule has 0 aliphatic carbocycles. The maximum atomic E-state index is 12.1. The lowest BCUT2D eigenvalue weighted by Crippen LogP contribution is -2.41. The molecule has 6 rings (SSSR count). The highest BCUT2D eigenvalue weighted by Gasteiger charge is 2.25. The van der Waals surface area contributed by atoms with Crippen LogP contribution in [0, 0.1) is 0 Å². The van der Waals surface area contributed by atoms with E-state index >= 15 is 0 Å². The van der Waals surface area contributed by atoms with Crippen LogP contribution in [0.5, 0.6) is 0 Å². The number of sulfone groups is 2. The Morgan fingerprint density at radius 2 is 1.50 bits per heavy atom. The van der Waals surface area contributed by atoms with Gasteiger partial charge < -0.3 is 20.4 Å². The minimum atomic E-state index is -3.02. The van der Waals surface area contributed by atoms with Gasteiger partial charge in [-0.15, -0.1) is 5.10 Å². The van der Waals surface area contributed by atoms with Gasteiger partial charge in [0.15, 0.2) is 19.7 Å². The van der Waals surface area contributed by atoms with E-state index in [1.54, 1.807) is 4.68 Å². The number of nitrogens with one attached hydrogen (secondary N) is 2. The number of benzene rings is 1. The number of aryl methyl sites for hydroxylation is 1. The van der Waals surface area contributed by atoms with Crippen LogP contribution in [0.4, 0.5) is 17.6 Å². The molecule has 16 heteroatoms. The van der Waals surface area contributed by atoms with Gasteiger partial charge in [-0.1, -0.05) is 35.5 Å². The van der Waals surface area contributed by atoms with Crippen molar-refractivity contribution in [3.05, 3.63) is 53.9 Å². The van der Waals surface area contributed by atoms with Crippen molar-refractivity contribution in [1.29, 1.82) is 0 Å². The fourth-order valence-corrected chi connectivity index (χ4v) is 8.58. The lowest BCUT2D eigenvalue weighted by Gasteiger charge is -2.33. The van der Waals surface area contributed by atoms with Gasteiger partial charge in [0, 0.05) is 64.5 Å². The van der Waals surface area contributed by atoms with Crippen LogP contribution in [0.2, 0.25) is 0 Å². The van der Waals surface area contributed by atoms with Crippen molar-refractivity contribution in [3.63, 3.8) is 0 Å². The second kappa shape index (κ2) is 14.6. The van der Waals surface area contributed by atoms with Crippen LogP contribution in [-0.2, 0) is 39.3 Å². The van der Waals surface area contributed by atoms with Gasteiger partial charge in [0.2, 0.25) is 5.95 Å². The van der Waals surface area contributed by atoms with Crippen molar-refractivity contribution in [2.45, 2.75) is 44.9 Å². The summed E-state index contributed by atoms with van der Waals surface area (Å²) in [5.74, 6) is 2.56. The maximum Gasteiger partial charge on any atom is 0.226 e. The van der Waals surface area contributed by atoms with Crippen LogP contribution in [0.3, 0.4) is 0 Å². The van der Waals surface area contributed by atoms with Crippen LogP contribution in [-0.4, -0.2) is 126 Å². The van der Waals surface area contributed by atoms with E-state index in [1.165, 1.54) is 5.56 Å². The smallest absolute Gasteiger partial charge is 0.226 e. The molecule has 3 saturated heterocycles. The lowest BCUT2D eigenvalue weighted by atomic mass is 10.0. The summed E-state index contributed by atoms with van der Waals surface area (Å²) in [6, 6.07) is 12.7. The lowest BCUT2D eigenvalue weighted by molar-refractivity contribution is 0.211. The quantitative estimate of drug-likeness (QED) is 0.282. The SMILES string of the molecule is O=S1(=O)CCN(CCCn2cc(CNc3nc(NC4CCN(Cc5ccccc5)CC4)cc(N4CCS(=O)(=O)CC4)n3)nn2)CC1. The Kier molecular flexibility index (Phi) is 10.4. The van der Waals surface area contributed by atoms with Gasteiger partial charge in [-0.25, -0.2) is 16.8 Å². The molecule has 0 bridgehead atoms. The van der Waals surface area contributed by atoms with Gasteiger partial charge in [-0.3, -0.25) is 9.58 Å². The van der Waals surface area contributed by atoms with E-state index in [2.05, 4.69) is 55.0 Å². The molecule has 5 heterocycles. The predicted molar refractivity (Wildman–Crippen MR) is 178 cm³/mol. The average Bonchev–Trinajstić information content (AvgIpc) is 3.50. The summed E-state index contributed by atoms with van der Waals surface area (Å²) in [6.07, 6.45) is 4.75. The molecule has 0 amide bonds. The van der Waals surface area contributed by atoms with Crippen LogP contribution in [0.1, 0.15) is 30.5 Å². The first-order valence-corrected chi connectivity index (χ1v) is 19.8. The summed E-state index contributed by atoms with van der Waals surface area (Å²) in [5.41, 5.74) is 2.08. The molecular weight excluding hydrogens is 629 g/mol. The predicted octanol–water partition coefficient (Wildman–Crippen LogP) is 1.11. The second-order valence-corrected chi connectivity index (χ2v) is 17.0. The molecule has 0 radical (unpaired) electrons. The van der Waals surface area contributed by atoms with Gasteiger partial charge >= 0.3 is 0 Å². The third kappa shape index (κ3) is 9.36. The summed E-state index contributed by atoms with van der Waals surface area (Å²) < 4.78 is 49.3. The fraction of sp³-hybridized carbons (Fsp3) is 0.600. The number of likely N-dealkylation sites (tertiary alicyclic amines) is 1. The molecule has 3 aromatic rings. The van der Waals surface area contributed by atoms with Gasteiger partial charge in [-0.2, -0.15) is 9.97 Å². The largest absolute Gasteiger partial charge is 0.367 e. The molecule has 46 heavy (non-hydrogen) atoms. The third-order valence-electron chi connectivity index (χ3n) is 8.88. The summed E-state index contributed by atoms with van der Waals surface area (Å²) in [4.78, 5) is 16.2. The molecule has 1 aromatic carbocycles. The molecule has 3 aliphatic rings. The number of hydrogen-bond acceptors (Lipinski definition) is 13. The Bertz CT molecular complexity index is 1630. The second-order valence-electron chi connectivity index (χ2n) is 12.4. The number of aromatic nitrogens is 5. The van der Waals surface area contributed by atoms with Crippen molar-refractivity contribution in [2.75, 3.05) is 84.4 Å². The number of hydrogen-bond donors (Lipinski definition) is 2. The summed E-state index contributed by atoms with van der Waals surface area (Å²) in [6.45, 7) is 6.82. The highest BCUT2D eigenvalue weighted by molar-refractivity contribution is 7.91. The van der Waals surface area contributed by atoms with Crippen LogP contribution in [0.15, 0.2) is 42.6 Å². The maximum absolute atomic E-state index is 12.1. The van der Waals surface area contributed by atoms with E-state index in [9.17, 15) is 16.8 Å². The Morgan fingerprint density at radius 3 is 2.22 bits per heavy atom. The van der Waals surface area contributed by atoms with Gasteiger partial charge in [0.25, 0.3) is 0 Å². The first-order chi connectivity index (χ1) is 22.2. The van der Waals surface area contributed by atoms with Crippen molar-refractivity contribution >= 4 is 37.3 Å². The highest BCUT2D eigenvalue weighted by Crippen LogP contribution is 2.24. The van der Waals surface area contributed by atoms with Gasteiger partial charge in [0.1, 0.15) is 17.3 Å². The Balaban J connectivity index is 1.04. The number of nitrogens with zero attached hydrogens (tertiary/aromatic N) is 8. The van der Waals surface area contributed by atoms with E-state index in [-0.39, 0.29) is 29.1 Å². The van der Waals surface area contributed by atoms with Crippen LogP contribution < -0.4 is 15.5 Å². The first kappa shape index (κ1) is 32.6. The molecule has 3 fully saturated rings. The van der Waals surface area contributed by atoms with Gasteiger partial charge in [0.05, 0.1) is 35.8 Å². The zero-order valence-electron chi connectivity index (χ0n) is 26.2. The standard InChI is InChI=1S/C30H44N10O4S2/c41-45(42)17-13-37(14-18-45)9-4-10-40-24-27(35-36-40)22-31-30-33-28(21-29(34-30)39-15-19-46(43,44)20-16-39)32-26-7-11-38(12-8-26)23-25-5-2-1-3-6-25/h1-3,5-6,21,24,26H,4,7-20,22-23H2,(H2,31,32,33,34). The minimum Gasteiger partial charge on any atom is -0.367 e. The topological polar surface area (TPSA) is 159 Å². The van der Waals surface area contributed by atoms with E-state index in [0.29, 0.717) is 51.0 Å². The zero-order chi connectivity index (χ0) is 32.0. The normalized spacial score (nSPS) is 20.8. The molecule has 14 nitrogen and oxygen atoms in total. The minimum absolute atomic E-state index is 0.113. The van der Waals surface area contributed by atoms with Crippen LogP contribution in [0.25, 0.3) is 0 Å². The molecule has 0 spiro atoms. The molecular formula is C30H44N10O4S2. The summed E-state index contributed by atoms with van der Waals surface area (Å²) in [5, 5.41) is 15.5. The molecule has 0 atom stereocenters. The van der Waals surface area contributed by atoms with Crippen molar-refractivity contribution in [3.8, 4) is 0 Å². The van der Waals surface area contributed by atoms with Crippen molar-refractivity contribution in [1.82, 2.24) is 34.8 Å². The number of anilines is 3. The first-order valence-electron chi connectivity index (χ1n) is 16.1. The van der Waals surface area contributed by atoms with E-state index in [4.69, 9.17) is 9.97 Å². The van der Waals surface area contributed by atoms with E-state index < -0.39 is 19.7 Å². The monoisotopic (exact) mass is 672 g/mol. The molecule has 0 saturated carbocycles. The highest BCUT2D eigenvalue weighted by atomic mass is 32.2. The molecule has 0 unspecified atom stereocenters. The van der Waals surface area contributed by atoms with Gasteiger partial charge in [-0.05, 0) is 31.4 Å². The Labute approximate surface area is 271 Å². The Morgan fingerprint density at radius 1 is 0.804 bits per heavy atom. The summed E-state index contributed by atoms with van der Waals surface area (Å²) >= 11 is 0. The third-order valence-corrected chi connectivity index (χ3v) is 12.1. The molecule has 2 N–H and O–H groups in total. The number of piperidine rings is 1. The molecule has 3 aliphatic heterocycles. The van der Waals surface area contributed by atoms with E-state index in [1.807, 2.05) is 23.2 Å². The molecule has 250 valence electrons. The molecule has 2 aromatic heterocycles. The zero-order valence-corrected chi connectivity index (χ0v) is 27.8. The fourth-order valence-electron chi connectivity index (χ4n) is 6.11.